The third-order valence-electron chi connectivity index (χ3n) is 0.832. The Kier molecular flexibility index (Phi) is 4.10. The van der Waals surface area contributed by atoms with Crippen LogP contribution in [-0.4, -0.2) is 26.5 Å². The Balaban J connectivity index is 4.35. The molecule has 5 nitrogen and oxygen atoms in total. The Labute approximate surface area is 68.0 Å². The van der Waals surface area contributed by atoms with Gasteiger partial charge in [0.05, 0.1) is 5.97 Å². The standard InChI is InChI=1S/C4H9O5PS/c1-2-11-4(3(5)6)10(7,8)9/h4H,2H2,1H3,(H,5,6)(H2,7,8,9)/p-1. The van der Waals surface area contributed by atoms with Gasteiger partial charge in [0.2, 0.25) is 0 Å². The molecule has 1 unspecified atom stereocenters. The van der Waals surface area contributed by atoms with Gasteiger partial charge in [0.15, 0.2) is 0 Å². The van der Waals surface area contributed by atoms with E-state index in [1.807, 2.05) is 0 Å². The van der Waals surface area contributed by atoms with Crippen LogP contribution in [0.3, 0.4) is 0 Å². The molecule has 0 amide bonds. The lowest BCUT2D eigenvalue weighted by atomic mass is 10.8. The molecule has 0 aliphatic carbocycles. The van der Waals surface area contributed by atoms with Gasteiger partial charge in [-0.25, -0.2) is 0 Å². The second-order valence-electron chi connectivity index (χ2n) is 1.72. The molecule has 0 saturated carbocycles. The highest BCUT2D eigenvalue weighted by Crippen LogP contribution is 2.46. The molecule has 0 saturated heterocycles. The zero-order chi connectivity index (χ0) is 9.07. The summed E-state index contributed by atoms with van der Waals surface area (Å²) in [6.07, 6.45) is 0. The molecule has 0 aromatic rings. The molecule has 0 aliphatic heterocycles. The lowest BCUT2D eigenvalue weighted by Crippen LogP contribution is -2.33. The fourth-order valence-corrected chi connectivity index (χ4v) is 2.41. The SMILES string of the molecule is CCSC(C(=O)[O-])P(=O)(O)O. The summed E-state index contributed by atoms with van der Waals surface area (Å²) in [5, 5.41) is 10.1. The van der Waals surface area contributed by atoms with E-state index in [0.717, 1.165) is 0 Å². The molecule has 11 heavy (non-hydrogen) atoms. The van der Waals surface area contributed by atoms with E-state index in [2.05, 4.69) is 0 Å². The molecule has 0 rings (SSSR count). The first kappa shape index (κ1) is 11.0. The highest BCUT2D eigenvalue weighted by atomic mass is 32.2. The minimum Gasteiger partial charge on any atom is -0.548 e. The molecule has 7 heteroatoms. The summed E-state index contributed by atoms with van der Waals surface area (Å²) in [7, 11) is -4.55. The summed E-state index contributed by atoms with van der Waals surface area (Å²) in [5.41, 5.74) is 0. The number of carbonyl (C=O) groups excluding carboxylic acids is 1. The van der Waals surface area contributed by atoms with Crippen LogP contribution in [-0.2, 0) is 9.36 Å². The maximum atomic E-state index is 10.4. The van der Waals surface area contributed by atoms with E-state index in [1.165, 1.54) is 0 Å². The third kappa shape index (κ3) is 3.76. The Morgan fingerprint density at radius 2 is 2.18 bits per heavy atom. The number of aliphatic carboxylic acids is 1. The first-order valence-corrected chi connectivity index (χ1v) is 5.50. The molecule has 0 aromatic heterocycles. The van der Waals surface area contributed by atoms with Crippen molar-refractivity contribution in [2.75, 3.05) is 5.75 Å². The maximum Gasteiger partial charge on any atom is 0.344 e. The average Bonchev–Trinajstić information content (AvgIpc) is 1.79. The highest BCUT2D eigenvalue weighted by Gasteiger charge is 2.29. The van der Waals surface area contributed by atoms with Gasteiger partial charge >= 0.3 is 7.60 Å². The van der Waals surface area contributed by atoms with Crippen LogP contribution >= 0.6 is 19.4 Å². The van der Waals surface area contributed by atoms with E-state index in [4.69, 9.17) is 9.79 Å². The molecule has 2 N–H and O–H groups in total. The summed E-state index contributed by atoms with van der Waals surface area (Å²) in [5.74, 6) is -1.39. The molecular formula is C4H8O5PS-. The van der Waals surface area contributed by atoms with Gasteiger partial charge in [-0.1, -0.05) is 6.92 Å². The largest absolute Gasteiger partial charge is 0.548 e. The molecule has 0 bridgehead atoms. The first-order chi connectivity index (χ1) is 4.89. The van der Waals surface area contributed by atoms with E-state index < -0.39 is 18.6 Å². The van der Waals surface area contributed by atoms with E-state index >= 15 is 0 Å². The first-order valence-electron chi connectivity index (χ1n) is 2.77. The zero-order valence-corrected chi connectivity index (χ0v) is 7.47. The van der Waals surface area contributed by atoms with Crippen molar-refractivity contribution < 1.29 is 24.3 Å². The van der Waals surface area contributed by atoms with Crippen molar-refractivity contribution in [3.8, 4) is 0 Å². The predicted octanol–water partition coefficient (Wildman–Crippen LogP) is -1.01. The van der Waals surface area contributed by atoms with Gasteiger partial charge in [-0.2, -0.15) is 0 Å². The number of carboxylic acids is 1. The normalized spacial score (nSPS) is 14.5. The second kappa shape index (κ2) is 4.11. The minimum atomic E-state index is -4.55. The minimum absolute atomic E-state index is 0.323. The van der Waals surface area contributed by atoms with Crippen LogP contribution in [0.2, 0.25) is 0 Å². The number of thioether (sulfide) groups is 1. The van der Waals surface area contributed by atoms with E-state index in [9.17, 15) is 14.5 Å². The Bertz CT molecular complexity index is 187. The molecular weight excluding hydrogens is 191 g/mol. The van der Waals surface area contributed by atoms with E-state index in [1.54, 1.807) is 6.92 Å². The van der Waals surface area contributed by atoms with Gasteiger partial charge in [0.1, 0.15) is 4.99 Å². The summed E-state index contributed by atoms with van der Waals surface area (Å²) >= 11 is 0.666. The van der Waals surface area contributed by atoms with E-state index in [-0.39, 0.29) is 0 Å². The van der Waals surface area contributed by atoms with Crippen molar-refractivity contribution >= 4 is 25.3 Å². The Hall–Kier alpha value is -0.0300. The molecule has 0 aliphatic rings. The quantitative estimate of drug-likeness (QED) is 0.563. The predicted molar refractivity (Wildman–Crippen MR) is 39.0 cm³/mol. The maximum absolute atomic E-state index is 10.4. The summed E-state index contributed by atoms with van der Waals surface area (Å²) < 4.78 is 10.4. The van der Waals surface area contributed by atoms with E-state index in [0.29, 0.717) is 17.5 Å². The molecule has 66 valence electrons. The van der Waals surface area contributed by atoms with Crippen molar-refractivity contribution in [3.63, 3.8) is 0 Å². The van der Waals surface area contributed by atoms with Crippen molar-refractivity contribution in [1.29, 1.82) is 0 Å². The van der Waals surface area contributed by atoms with Gasteiger partial charge in [0, 0.05) is 0 Å². The number of hydrogen-bond acceptors (Lipinski definition) is 4. The average molecular weight is 199 g/mol. The van der Waals surface area contributed by atoms with Crippen LogP contribution in [0, 0.1) is 0 Å². The van der Waals surface area contributed by atoms with Crippen LogP contribution < -0.4 is 5.11 Å². The van der Waals surface area contributed by atoms with Crippen LogP contribution in [0.1, 0.15) is 6.92 Å². The molecule has 0 radical (unpaired) electrons. The smallest absolute Gasteiger partial charge is 0.344 e. The fourth-order valence-electron chi connectivity index (χ4n) is 0.460. The number of rotatable bonds is 4. The van der Waals surface area contributed by atoms with Crippen molar-refractivity contribution in [3.05, 3.63) is 0 Å². The summed E-state index contributed by atoms with van der Waals surface area (Å²) in [6.45, 7) is 1.61. The van der Waals surface area contributed by atoms with Crippen LogP contribution in [0.5, 0.6) is 0 Å². The van der Waals surface area contributed by atoms with Gasteiger partial charge in [-0.15, -0.1) is 11.8 Å². The van der Waals surface area contributed by atoms with Crippen LogP contribution in [0.25, 0.3) is 0 Å². The highest BCUT2D eigenvalue weighted by molar-refractivity contribution is 8.06. The number of carboxylic acid groups (broad SMARTS) is 1. The topological polar surface area (TPSA) is 97.7 Å². The Morgan fingerprint density at radius 1 is 1.73 bits per heavy atom. The van der Waals surface area contributed by atoms with Crippen molar-refractivity contribution in [2.45, 2.75) is 11.9 Å². The summed E-state index contributed by atoms with van der Waals surface area (Å²) in [4.78, 5) is 25.3. The van der Waals surface area contributed by atoms with Gasteiger partial charge in [-0.05, 0) is 5.75 Å². The molecule has 0 heterocycles. The summed E-state index contributed by atoms with van der Waals surface area (Å²) in [6, 6.07) is 0. The molecule has 0 aromatic carbocycles. The molecule has 0 spiro atoms. The zero-order valence-electron chi connectivity index (χ0n) is 5.76. The fraction of sp³-hybridized carbons (Fsp3) is 0.750. The van der Waals surface area contributed by atoms with Crippen LogP contribution in [0.4, 0.5) is 0 Å². The Morgan fingerprint density at radius 3 is 2.27 bits per heavy atom. The van der Waals surface area contributed by atoms with Gasteiger partial charge < -0.3 is 19.7 Å². The lowest BCUT2D eigenvalue weighted by Gasteiger charge is -2.17. The molecule has 0 fully saturated rings. The molecule has 1 atom stereocenters. The second-order valence-corrected chi connectivity index (χ2v) is 5.14. The lowest BCUT2D eigenvalue weighted by molar-refractivity contribution is -0.302. The third-order valence-corrected chi connectivity index (χ3v) is 3.77. The number of hydrogen-bond donors (Lipinski definition) is 2. The number of carbonyl (C=O) groups is 1. The monoisotopic (exact) mass is 199 g/mol. The van der Waals surface area contributed by atoms with Crippen molar-refractivity contribution in [1.82, 2.24) is 0 Å². The van der Waals surface area contributed by atoms with Crippen molar-refractivity contribution in [2.24, 2.45) is 0 Å². The van der Waals surface area contributed by atoms with Crippen LogP contribution in [0.15, 0.2) is 0 Å². The van der Waals surface area contributed by atoms with Gasteiger partial charge in [0.25, 0.3) is 0 Å². The van der Waals surface area contributed by atoms with Gasteiger partial charge in [-0.3, -0.25) is 4.57 Å².